The number of rotatable bonds is 4. The zero-order chi connectivity index (χ0) is 22.9. The van der Waals surface area contributed by atoms with Crippen LogP contribution in [0, 0.1) is 0 Å². The largest absolute Gasteiger partial charge is 0.326 e. The molecule has 0 unspecified atom stereocenters. The van der Waals surface area contributed by atoms with Crippen molar-refractivity contribution < 1.29 is 14.4 Å². The van der Waals surface area contributed by atoms with Crippen LogP contribution in [0.15, 0.2) is 77.8 Å². The highest BCUT2D eigenvalue weighted by Crippen LogP contribution is 2.36. The van der Waals surface area contributed by atoms with E-state index in [4.69, 9.17) is 4.99 Å². The van der Waals surface area contributed by atoms with E-state index in [0.29, 0.717) is 17.9 Å². The second-order valence-corrected chi connectivity index (χ2v) is 8.00. The lowest BCUT2D eigenvalue weighted by atomic mass is 9.98. The van der Waals surface area contributed by atoms with Gasteiger partial charge in [0.25, 0.3) is 11.8 Å². The Hall–Kier alpha value is -4.26. The molecule has 2 aliphatic rings. The molecule has 0 aromatic heterocycles. The van der Waals surface area contributed by atoms with Crippen LogP contribution in [0.25, 0.3) is 0 Å². The fraction of sp³-hybridized carbons (Fsp3) is 0.154. The van der Waals surface area contributed by atoms with E-state index in [-0.39, 0.29) is 17.4 Å². The summed E-state index contributed by atoms with van der Waals surface area (Å²) in [7, 11) is 0. The number of aliphatic imine (C=N–C) groups is 1. The fourth-order valence-electron chi connectivity index (χ4n) is 4.37. The third kappa shape index (κ3) is 3.78. The first-order valence-corrected chi connectivity index (χ1v) is 10.8. The Morgan fingerprint density at radius 3 is 2.52 bits per heavy atom. The van der Waals surface area contributed by atoms with E-state index in [1.165, 1.54) is 6.92 Å². The van der Waals surface area contributed by atoms with Crippen LogP contribution in [-0.2, 0) is 16.0 Å². The van der Waals surface area contributed by atoms with Crippen LogP contribution in [0.4, 0.5) is 11.4 Å². The van der Waals surface area contributed by atoms with Crippen LogP contribution in [-0.4, -0.2) is 36.1 Å². The Kier molecular flexibility index (Phi) is 5.22. The monoisotopic (exact) mass is 438 g/mol. The molecule has 0 aliphatic carbocycles. The van der Waals surface area contributed by atoms with Crippen molar-refractivity contribution in [3.63, 3.8) is 0 Å². The molecule has 7 heteroatoms. The van der Waals surface area contributed by atoms with Crippen molar-refractivity contribution in [3.8, 4) is 0 Å². The molecule has 0 fully saturated rings. The second-order valence-electron chi connectivity index (χ2n) is 8.00. The lowest BCUT2D eigenvalue weighted by Gasteiger charge is -2.21. The first kappa shape index (κ1) is 20.6. The van der Waals surface area contributed by atoms with Gasteiger partial charge in [0.15, 0.2) is 0 Å². The molecule has 164 valence electrons. The van der Waals surface area contributed by atoms with E-state index in [2.05, 4.69) is 10.6 Å². The standard InChI is InChI=1S/C26H22N4O3/c1-16(31)27-21-13-6-5-11-19(21)25(32)29-24-26(33)30-15-14-18-10-7-12-20(23(18)30)22(28-24)17-8-3-2-4-9-17/h2-13,24H,14-15H2,1H3,(H,27,31)(H,29,32)/t24-/m0/s1. The van der Waals surface area contributed by atoms with Crippen molar-refractivity contribution >= 4 is 34.8 Å². The summed E-state index contributed by atoms with van der Waals surface area (Å²) in [5.41, 5.74) is 4.99. The predicted molar refractivity (Wildman–Crippen MR) is 127 cm³/mol. The molecule has 2 N–H and O–H groups in total. The van der Waals surface area contributed by atoms with E-state index in [0.717, 1.165) is 28.8 Å². The maximum Gasteiger partial charge on any atom is 0.272 e. The van der Waals surface area contributed by atoms with E-state index < -0.39 is 12.1 Å². The Morgan fingerprint density at radius 2 is 1.73 bits per heavy atom. The van der Waals surface area contributed by atoms with Gasteiger partial charge in [0.2, 0.25) is 12.1 Å². The van der Waals surface area contributed by atoms with Gasteiger partial charge in [0, 0.05) is 24.6 Å². The van der Waals surface area contributed by atoms with Crippen LogP contribution >= 0.6 is 0 Å². The minimum atomic E-state index is -1.10. The summed E-state index contributed by atoms with van der Waals surface area (Å²) in [5, 5.41) is 5.45. The number of nitrogens with one attached hydrogen (secondary N) is 2. The average molecular weight is 438 g/mol. The number of para-hydroxylation sites is 2. The summed E-state index contributed by atoms with van der Waals surface area (Å²) in [6.45, 7) is 1.92. The van der Waals surface area contributed by atoms with Crippen LogP contribution in [0.1, 0.15) is 34.0 Å². The SMILES string of the molecule is CC(=O)Nc1ccccc1C(=O)N[C@@H]1N=C(c2ccccc2)c2cccc3c2N(CC3)C1=O. The van der Waals surface area contributed by atoms with Gasteiger partial charge in [-0.05, 0) is 24.1 Å². The molecule has 3 aromatic rings. The van der Waals surface area contributed by atoms with Crippen molar-refractivity contribution in [2.24, 2.45) is 4.99 Å². The molecule has 0 saturated heterocycles. The van der Waals surface area contributed by atoms with E-state index in [9.17, 15) is 14.4 Å². The fourth-order valence-corrected chi connectivity index (χ4v) is 4.37. The second kappa shape index (κ2) is 8.35. The molecule has 0 spiro atoms. The van der Waals surface area contributed by atoms with Gasteiger partial charge in [-0.25, -0.2) is 4.99 Å². The van der Waals surface area contributed by atoms with Gasteiger partial charge in [-0.1, -0.05) is 60.7 Å². The third-order valence-corrected chi connectivity index (χ3v) is 5.80. The van der Waals surface area contributed by atoms with E-state index in [1.54, 1.807) is 29.2 Å². The number of nitrogens with zero attached hydrogens (tertiary/aromatic N) is 2. The highest BCUT2D eigenvalue weighted by molar-refractivity contribution is 6.21. The molecule has 0 radical (unpaired) electrons. The van der Waals surface area contributed by atoms with Gasteiger partial charge >= 0.3 is 0 Å². The third-order valence-electron chi connectivity index (χ3n) is 5.80. The smallest absolute Gasteiger partial charge is 0.272 e. The number of amides is 3. The summed E-state index contributed by atoms with van der Waals surface area (Å²) in [4.78, 5) is 44.7. The molecule has 2 heterocycles. The Morgan fingerprint density at radius 1 is 0.970 bits per heavy atom. The van der Waals surface area contributed by atoms with Crippen LogP contribution < -0.4 is 15.5 Å². The van der Waals surface area contributed by atoms with Gasteiger partial charge in [-0.3, -0.25) is 14.4 Å². The molecule has 3 aromatic carbocycles. The number of hydrogen-bond donors (Lipinski definition) is 2. The molecule has 1 atom stereocenters. The molecule has 0 saturated carbocycles. The summed E-state index contributed by atoms with van der Waals surface area (Å²) in [5.74, 6) is -1.05. The molecule has 3 amide bonds. The highest BCUT2D eigenvalue weighted by atomic mass is 16.2. The molecule has 5 rings (SSSR count). The summed E-state index contributed by atoms with van der Waals surface area (Å²) < 4.78 is 0. The normalized spacial score (nSPS) is 16.5. The number of hydrogen-bond acceptors (Lipinski definition) is 4. The average Bonchev–Trinajstić information content (AvgIpc) is 3.21. The van der Waals surface area contributed by atoms with Crippen molar-refractivity contribution in [1.82, 2.24) is 5.32 Å². The number of carbonyl (C=O) groups is 3. The minimum Gasteiger partial charge on any atom is -0.326 e. The van der Waals surface area contributed by atoms with Crippen molar-refractivity contribution in [1.29, 1.82) is 0 Å². The quantitative estimate of drug-likeness (QED) is 0.656. The Labute approximate surface area is 191 Å². The lowest BCUT2D eigenvalue weighted by molar-refractivity contribution is -0.120. The van der Waals surface area contributed by atoms with E-state index in [1.807, 2.05) is 48.5 Å². The van der Waals surface area contributed by atoms with Gasteiger partial charge < -0.3 is 15.5 Å². The van der Waals surface area contributed by atoms with Crippen LogP contribution in [0.2, 0.25) is 0 Å². The Bertz CT molecular complexity index is 1300. The Balaban J connectivity index is 1.57. The summed E-state index contributed by atoms with van der Waals surface area (Å²) in [6, 6.07) is 22.3. The molecule has 33 heavy (non-hydrogen) atoms. The number of carbonyl (C=O) groups excluding carboxylic acids is 3. The maximum atomic E-state index is 13.5. The topological polar surface area (TPSA) is 90.9 Å². The maximum absolute atomic E-state index is 13.5. The zero-order valence-electron chi connectivity index (χ0n) is 18.0. The molecule has 2 aliphatic heterocycles. The van der Waals surface area contributed by atoms with Crippen molar-refractivity contribution in [2.45, 2.75) is 19.5 Å². The first-order chi connectivity index (χ1) is 16.0. The van der Waals surface area contributed by atoms with Gasteiger partial charge in [-0.2, -0.15) is 0 Å². The predicted octanol–water partition coefficient (Wildman–Crippen LogP) is 3.14. The summed E-state index contributed by atoms with van der Waals surface area (Å²) in [6.07, 6.45) is -0.348. The van der Waals surface area contributed by atoms with Crippen molar-refractivity contribution in [3.05, 3.63) is 95.1 Å². The van der Waals surface area contributed by atoms with Crippen LogP contribution in [0.5, 0.6) is 0 Å². The van der Waals surface area contributed by atoms with Crippen LogP contribution in [0.3, 0.4) is 0 Å². The molecular weight excluding hydrogens is 416 g/mol. The van der Waals surface area contributed by atoms with Gasteiger partial charge in [-0.15, -0.1) is 0 Å². The minimum absolute atomic E-state index is 0.265. The van der Waals surface area contributed by atoms with Crippen molar-refractivity contribution in [2.75, 3.05) is 16.8 Å². The number of benzene rings is 3. The van der Waals surface area contributed by atoms with Gasteiger partial charge in [0.05, 0.1) is 22.6 Å². The number of anilines is 2. The zero-order valence-corrected chi connectivity index (χ0v) is 18.0. The first-order valence-electron chi connectivity index (χ1n) is 10.8. The lowest BCUT2D eigenvalue weighted by Crippen LogP contribution is -2.47. The molecule has 7 nitrogen and oxygen atoms in total. The molecule has 0 bridgehead atoms. The van der Waals surface area contributed by atoms with E-state index >= 15 is 0 Å². The summed E-state index contributed by atoms with van der Waals surface area (Å²) >= 11 is 0. The van der Waals surface area contributed by atoms with Gasteiger partial charge in [0.1, 0.15) is 0 Å². The highest BCUT2D eigenvalue weighted by Gasteiger charge is 2.37. The molecular formula is C26H22N4O3.